The number of benzene rings is 1. The van der Waals surface area contributed by atoms with Crippen LogP contribution in [-0.4, -0.2) is 38.2 Å². The molecule has 0 aliphatic carbocycles. The molecule has 1 atom stereocenters. The van der Waals surface area contributed by atoms with Gasteiger partial charge in [0.15, 0.2) is 11.6 Å². The van der Waals surface area contributed by atoms with Gasteiger partial charge in [0.1, 0.15) is 0 Å². The van der Waals surface area contributed by atoms with Crippen molar-refractivity contribution >= 4 is 0 Å². The van der Waals surface area contributed by atoms with E-state index < -0.39 is 0 Å². The normalized spacial score (nSPS) is 20.9. The molecule has 0 bridgehead atoms. The van der Waals surface area contributed by atoms with E-state index in [2.05, 4.69) is 10.2 Å². The second kappa shape index (κ2) is 6.16. The summed E-state index contributed by atoms with van der Waals surface area (Å²) in [5.41, 5.74) is 0.714. The maximum Gasteiger partial charge on any atom is 0.169 e. The number of piperidine rings is 1. The Morgan fingerprint density at radius 1 is 1.50 bits per heavy atom. The zero-order valence-corrected chi connectivity index (χ0v) is 11.1. The number of likely N-dealkylation sites (N-methyl/N-ethyl adjacent to an activating group) is 1. The van der Waals surface area contributed by atoms with Crippen LogP contribution in [-0.2, 0) is 6.54 Å². The summed E-state index contributed by atoms with van der Waals surface area (Å²) in [6.07, 6.45) is 2.37. The number of rotatable bonds is 4. The lowest BCUT2D eigenvalue weighted by atomic mass is 10.0. The van der Waals surface area contributed by atoms with Crippen LogP contribution in [0.4, 0.5) is 4.39 Å². The molecule has 1 aromatic rings. The van der Waals surface area contributed by atoms with Crippen molar-refractivity contribution in [3.05, 3.63) is 29.6 Å². The van der Waals surface area contributed by atoms with Gasteiger partial charge < -0.3 is 10.1 Å². The first-order valence-corrected chi connectivity index (χ1v) is 6.45. The van der Waals surface area contributed by atoms with Gasteiger partial charge in [0.05, 0.1) is 7.11 Å². The molecule has 0 saturated carbocycles. The zero-order valence-electron chi connectivity index (χ0n) is 11.1. The monoisotopic (exact) mass is 252 g/mol. The lowest BCUT2D eigenvalue weighted by Gasteiger charge is -2.32. The minimum Gasteiger partial charge on any atom is -0.494 e. The standard InChI is InChI=1S/C14H21FN2O/c1-16-12-6-4-8-17(10-12)9-11-5-3-7-13(18-2)14(11)15/h3,5,7,12,16H,4,6,8-10H2,1-2H3. The van der Waals surface area contributed by atoms with Crippen molar-refractivity contribution in [2.24, 2.45) is 0 Å². The van der Waals surface area contributed by atoms with Gasteiger partial charge in [-0.05, 0) is 32.5 Å². The Morgan fingerprint density at radius 2 is 2.33 bits per heavy atom. The van der Waals surface area contributed by atoms with Crippen molar-refractivity contribution in [3.63, 3.8) is 0 Å². The molecule has 0 radical (unpaired) electrons. The van der Waals surface area contributed by atoms with Gasteiger partial charge in [-0.15, -0.1) is 0 Å². The molecular formula is C14H21FN2O. The van der Waals surface area contributed by atoms with E-state index in [1.807, 2.05) is 19.2 Å². The molecular weight excluding hydrogens is 231 g/mol. The number of likely N-dealkylation sites (tertiary alicyclic amines) is 1. The van der Waals surface area contributed by atoms with E-state index >= 15 is 0 Å². The minimum absolute atomic E-state index is 0.230. The minimum atomic E-state index is -0.230. The predicted molar refractivity (Wildman–Crippen MR) is 70.3 cm³/mol. The van der Waals surface area contributed by atoms with Crippen molar-refractivity contribution in [3.8, 4) is 5.75 Å². The number of nitrogens with zero attached hydrogens (tertiary/aromatic N) is 1. The second-order valence-electron chi connectivity index (χ2n) is 4.80. The molecule has 0 spiro atoms. The average Bonchev–Trinajstić information content (AvgIpc) is 2.41. The van der Waals surface area contributed by atoms with E-state index in [1.165, 1.54) is 13.5 Å². The number of hydrogen-bond donors (Lipinski definition) is 1. The molecule has 2 rings (SSSR count). The Hall–Kier alpha value is -1.13. The first kappa shape index (κ1) is 13.3. The highest BCUT2D eigenvalue weighted by molar-refractivity contribution is 5.31. The van der Waals surface area contributed by atoms with Crippen LogP contribution in [0.15, 0.2) is 18.2 Å². The summed E-state index contributed by atoms with van der Waals surface area (Å²) >= 11 is 0. The fourth-order valence-electron chi connectivity index (χ4n) is 2.51. The van der Waals surface area contributed by atoms with Crippen molar-refractivity contribution in [2.75, 3.05) is 27.2 Å². The van der Waals surface area contributed by atoms with Crippen LogP contribution in [0, 0.1) is 5.82 Å². The molecule has 1 aromatic carbocycles. The van der Waals surface area contributed by atoms with Gasteiger partial charge in [0, 0.05) is 24.7 Å². The van der Waals surface area contributed by atoms with Crippen molar-refractivity contribution in [1.29, 1.82) is 0 Å². The molecule has 1 saturated heterocycles. The fourth-order valence-corrected chi connectivity index (χ4v) is 2.51. The maximum atomic E-state index is 14.0. The van der Waals surface area contributed by atoms with E-state index in [-0.39, 0.29) is 5.82 Å². The summed E-state index contributed by atoms with van der Waals surface area (Å²) in [6, 6.07) is 5.86. The Morgan fingerprint density at radius 3 is 3.06 bits per heavy atom. The van der Waals surface area contributed by atoms with Crippen molar-refractivity contribution in [2.45, 2.75) is 25.4 Å². The Kier molecular flexibility index (Phi) is 4.55. The quantitative estimate of drug-likeness (QED) is 0.887. The van der Waals surface area contributed by atoms with Crippen molar-refractivity contribution < 1.29 is 9.13 Å². The van der Waals surface area contributed by atoms with Crippen LogP contribution in [0.1, 0.15) is 18.4 Å². The van der Waals surface area contributed by atoms with E-state index in [0.717, 1.165) is 19.5 Å². The summed E-state index contributed by atoms with van der Waals surface area (Å²) < 4.78 is 19.1. The highest BCUT2D eigenvalue weighted by atomic mass is 19.1. The lowest BCUT2D eigenvalue weighted by molar-refractivity contribution is 0.185. The average molecular weight is 252 g/mol. The lowest BCUT2D eigenvalue weighted by Crippen LogP contribution is -2.43. The molecule has 0 aromatic heterocycles. The Balaban J connectivity index is 2.04. The van der Waals surface area contributed by atoms with Gasteiger partial charge in [-0.3, -0.25) is 4.90 Å². The van der Waals surface area contributed by atoms with Crippen LogP contribution in [0.25, 0.3) is 0 Å². The molecule has 3 nitrogen and oxygen atoms in total. The third-order valence-corrected chi connectivity index (χ3v) is 3.57. The first-order valence-electron chi connectivity index (χ1n) is 6.45. The number of methoxy groups -OCH3 is 1. The third-order valence-electron chi connectivity index (χ3n) is 3.57. The second-order valence-corrected chi connectivity index (χ2v) is 4.80. The molecule has 100 valence electrons. The van der Waals surface area contributed by atoms with E-state index in [4.69, 9.17) is 4.74 Å². The van der Waals surface area contributed by atoms with Crippen LogP contribution in [0.2, 0.25) is 0 Å². The van der Waals surface area contributed by atoms with Crippen LogP contribution in [0.3, 0.4) is 0 Å². The van der Waals surface area contributed by atoms with Gasteiger partial charge in [-0.25, -0.2) is 4.39 Å². The third kappa shape index (κ3) is 3.00. The summed E-state index contributed by atoms with van der Waals surface area (Å²) in [5.74, 6) is 0.0984. The molecule has 1 fully saturated rings. The zero-order chi connectivity index (χ0) is 13.0. The molecule has 0 amide bonds. The van der Waals surface area contributed by atoms with Gasteiger partial charge in [0.2, 0.25) is 0 Å². The van der Waals surface area contributed by atoms with Crippen molar-refractivity contribution in [1.82, 2.24) is 10.2 Å². The van der Waals surface area contributed by atoms with E-state index in [9.17, 15) is 4.39 Å². The SMILES string of the molecule is CNC1CCCN(Cc2cccc(OC)c2F)C1. The molecule has 1 aliphatic rings. The topological polar surface area (TPSA) is 24.5 Å². The van der Waals surface area contributed by atoms with Gasteiger partial charge in [-0.1, -0.05) is 12.1 Å². The van der Waals surface area contributed by atoms with Crippen LogP contribution in [0.5, 0.6) is 5.75 Å². The number of ether oxygens (including phenoxy) is 1. The summed E-state index contributed by atoms with van der Waals surface area (Å²) in [6.45, 7) is 2.67. The van der Waals surface area contributed by atoms with E-state index in [1.54, 1.807) is 6.07 Å². The molecule has 18 heavy (non-hydrogen) atoms. The summed E-state index contributed by atoms with van der Waals surface area (Å²) in [5, 5.41) is 3.30. The summed E-state index contributed by atoms with van der Waals surface area (Å²) in [7, 11) is 3.49. The van der Waals surface area contributed by atoms with Gasteiger partial charge >= 0.3 is 0 Å². The van der Waals surface area contributed by atoms with Crippen LogP contribution >= 0.6 is 0 Å². The molecule has 1 heterocycles. The fraction of sp³-hybridized carbons (Fsp3) is 0.571. The summed E-state index contributed by atoms with van der Waals surface area (Å²) in [4.78, 5) is 2.29. The van der Waals surface area contributed by atoms with Gasteiger partial charge in [-0.2, -0.15) is 0 Å². The Bertz CT molecular complexity index is 397. The van der Waals surface area contributed by atoms with Gasteiger partial charge in [0.25, 0.3) is 0 Å². The molecule has 4 heteroatoms. The highest BCUT2D eigenvalue weighted by Gasteiger charge is 2.20. The molecule has 1 N–H and O–H groups in total. The first-order chi connectivity index (χ1) is 8.74. The molecule has 1 unspecified atom stereocenters. The smallest absolute Gasteiger partial charge is 0.169 e. The maximum absolute atomic E-state index is 14.0. The number of hydrogen-bond acceptors (Lipinski definition) is 3. The van der Waals surface area contributed by atoms with Crippen LogP contribution < -0.4 is 10.1 Å². The predicted octanol–water partition coefficient (Wildman–Crippen LogP) is 2.02. The number of nitrogens with one attached hydrogen (secondary N) is 1. The Labute approximate surface area is 108 Å². The van der Waals surface area contributed by atoms with E-state index in [0.29, 0.717) is 23.9 Å². The largest absolute Gasteiger partial charge is 0.494 e. The molecule has 1 aliphatic heterocycles. The highest BCUT2D eigenvalue weighted by Crippen LogP contribution is 2.22. The number of halogens is 1.